The highest BCUT2D eigenvalue weighted by Crippen LogP contribution is 2.21. The second-order valence-electron chi connectivity index (χ2n) is 4.07. The Morgan fingerprint density at radius 3 is 2.69 bits per heavy atom. The van der Waals surface area contributed by atoms with E-state index in [1.165, 1.54) is 4.88 Å². The van der Waals surface area contributed by atoms with Crippen LogP contribution in [0.3, 0.4) is 0 Å². The highest BCUT2D eigenvalue weighted by Gasteiger charge is 2.18. The fourth-order valence-electron chi connectivity index (χ4n) is 1.94. The quantitative estimate of drug-likeness (QED) is 0.864. The molecule has 1 aliphatic heterocycles. The Hall–Kier alpha value is -0.360. The molecule has 0 aromatic carbocycles. The zero-order valence-electron chi connectivity index (χ0n) is 9.13. The maximum Gasteiger partial charge on any atom is 0.180 e. The van der Waals surface area contributed by atoms with Crippen LogP contribution in [0.15, 0.2) is 6.20 Å². The van der Waals surface area contributed by atoms with E-state index in [1.807, 2.05) is 6.20 Å². The molecule has 0 amide bonds. The van der Waals surface area contributed by atoms with E-state index in [-0.39, 0.29) is 12.4 Å². The lowest BCUT2D eigenvalue weighted by Crippen LogP contribution is -2.34. The minimum Gasteiger partial charge on any atom is -0.396 e. The van der Waals surface area contributed by atoms with E-state index < -0.39 is 0 Å². The number of nitrogen functional groups attached to an aromatic ring is 1. The number of hydrogen-bond donors (Lipinski definition) is 2. The second kappa shape index (κ2) is 6.39. The Morgan fingerprint density at radius 2 is 2.19 bits per heavy atom. The van der Waals surface area contributed by atoms with Gasteiger partial charge in [-0.25, -0.2) is 4.98 Å². The number of nitrogens with two attached hydrogens (primary N) is 1. The average Bonchev–Trinajstić information content (AvgIpc) is 2.65. The predicted octanol–water partition coefficient (Wildman–Crippen LogP) is 1.35. The van der Waals surface area contributed by atoms with Crippen molar-refractivity contribution in [3.8, 4) is 0 Å². The SMILES string of the molecule is Cl.Nc1ncc(CN2CCC(CO)CC2)s1. The van der Waals surface area contributed by atoms with Gasteiger partial charge in [0.25, 0.3) is 0 Å². The molecule has 1 aromatic heterocycles. The van der Waals surface area contributed by atoms with Crippen LogP contribution in [-0.2, 0) is 6.54 Å². The van der Waals surface area contributed by atoms with Gasteiger partial charge >= 0.3 is 0 Å². The van der Waals surface area contributed by atoms with Crippen molar-refractivity contribution in [1.29, 1.82) is 0 Å². The Labute approximate surface area is 106 Å². The van der Waals surface area contributed by atoms with Crippen LogP contribution >= 0.6 is 23.7 Å². The lowest BCUT2D eigenvalue weighted by molar-refractivity contribution is 0.128. The maximum absolute atomic E-state index is 9.03. The van der Waals surface area contributed by atoms with Crippen molar-refractivity contribution < 1.29 is 5.11 Å². The molecule has 1 aromatic rings. The molecule has 2 rings (SSSR count). The number of hydrogen-bond acceptors (Lipinski definition) is 5. The first kappa shape index (κ1) is 13.7. The molecule has 0 saturated carbocycles. The van der Waals surface area contributed by atoms with Crippen LogP contribution < -0.4 is 5.73 Å². The van der Waals surface area contributed by atoms with Crippen LogP contribution in [-0.4, -0.2) is 34.7 Å². The molecule has 1 aliphatic rings. The largest absolute Gasteiger partial charge is 0.396 e. The van der Waals surface area contributed by atoms with Gasteiger partial charge in [-0.1, -0.05) is 0 Å². The van der Waals surface area contributed by atoms with Crippen LogP contribution in [0.25, 0.3) is 0 Å². The number of halogens is 1. The zero-order valence-corrected chi connectivity index (χ0v) is 10.8. The lowest BCUT2D eigenvalue weighted by atomic mass is 9.98. The lowest BCUT2D eigenvalue weighted by Gasteiger charge is -2.30. The summed E-state index contributed by atoms with van der Waals surface area (Å²) in [7, 11) is 0. The molecular weight excluding hydrogens is 246 g/mol. The fraction of sp³-hybridized carbons (Fsp3) is 0.700. The highest BCUT2D eigenvalue weighted by atomic mass is 35.5. The number of aromatic nitrogens is 1. The van der Waals surface area contributed by atoms with E-state index in [4.69, 9.17) is 10.8 Å². The second-order valence-corrected chi connectivity index (χ2v) is 5.21. The molecule has 4 nitrogen and oxygen atoms in total. The summed E-state index contributed by atoms with van der Waals surface area (Å²) in [6.07, 6.45) is 4.06. The summed E-state index contributed by atoms with van der Waals surface area (Å²) in [5.41, 5.74) is 5.58. The number of aliphatic hydroxyl groups is 1. The minimum atomic E-state index is 0. The molecule has 6 heteroatoms. The molecule has 92 valence electrons. The summed E-state index contributed by atoms with van der Waals surface area (Å²) in [6.45, 7) is 3.43. The Balaban J connectivity index is 0.00000128. The zero-order chi connectivity index (χ0) is 10.7. The molecule has 0 spiro atoms. The van der Waals surface area contributed by atoms with Gasteiger partial charge in [-0.15, -0.1) is 23.7 Å². The highest BCUT2D eigenvalue weighted by molar-refractivity contribution is 7.15. The van der Waals surface area contributed by atoms with Crippen molar-refractivity contribution >= 4 is 28.9 Å². The van der Waals surface area contributed by atoms with Crippen molar-refractivity contribution in [3.05, 3.63) is 11.1 Å². The van der Waals surface area contributed by atoms with E-state index in [0.29, 0.717) is 17.7 Å². The molecule has 1 saturated heterocycles. The predicted molar refractivity (Wildman–Crippen MR) is 68.9 cm³/mol. The summed E-state index contributed by atoms with van der Waals surface area (Å²) < 4.78 is 0. The average molecular weight is 264 g/mol. The van der Waals surface area contributed by atoms with Crippen LogP contribution in [0.5, 0.6) is 0 Å². The summed E-state index contributed by atoms with van der Waals surface area (Å²) >= 11 is 1.56. The molecule has 1 fully saturated rings. The molecule has 3 N–H and O–H groups in total. The van der Waals surface area contributed by atoms with Crippen LogP contribution in [0.4, 0.5) is 5.13 Å². The number of anilines is 1. The maximum atomic E-state index is 9.03. The number of nitrogens with zero attached hydrogens (tertiary/aromatic N) is 2. The Morgan fingerprint density at radius 1 is 1.50 bits per heavy atom. The number of piperidine rings is 1. The van der Waals surface area contributed by atoms with Crippen molar-refractivity contribution in [2.24, 2.45) is 5.92 Å². The normalized spacial score (nSPS) is 18.3. The first-order chi connectivity index (χ1) is 7.28. The smallest absolute Gasteiger partial charge is 0.180 e. The van der Waals surface area contributed by atoms with Gasteiger partial charge in [0, 0.05) is 24.2 Å². The Bertz CT molecular complexity index is 313. The minimum absolute atomic E-state index is 0. The molecule has 0 bridgehead atoms. The number of aliphatic hydroxyl groups excluding tert-OH is 1. The van der Waals surface area contributed by atoms with E-state index in [9.17, 15) is 0 Å². The topological polar surface area (TPSA) is 62.4 Å². The monoisotopic (exact) mass is 263 g/mol. The first-order valence-electron chi connectivity index (χ1n) is 5.31. The van der Waals surface area contributed by atoms with E-state index in [1.54, 1.807) is 11.3 Å². The third-order valence-electron chi connectivity index (χ3n) is 2.92. The van der Waals surface area contributed by atoms with Gasteiger partial charge in [-0.05, 0) is 31.8 Å². The van der Waals surface area contributed by atoms with Crippen molar-refractivity contribution in [2.75, 3.05) is 25.4 Å². The van der Waals surface area contributed by atoms with Gasteiger partial charge in [0.15, 0.2) is 5.13 Å². The summed E-state index contributed by atoms with van der Waals surface area (Å²) in [5, 5.41) is 9.68. The fourth-order valence-corrected chi connectivity index (χ4v) is 2.67. The van der Waals surface area contributed by atoms with Gasteiger partial charge in [0.1, 0.15) is 0 Å². The van der Waals surface area contributed by atoms with E-state index >= 15 is 0 Å². The molecule has 16 heavy (non-hydrogen) atoms. The molecule has 0 unspecified atom stereocenters. The number of likely N-dealkylation sites (tertiary alicyclic amines) is 1. The summed E-state index contributed by atoms with van der Waals surface area (Å²) in [5.74, 6) is 0.507. The van der Waals surface area contributed by atoms with Gasteiger partial charge in [0.2, 0.25) is 0 Å². The number of rotatable bonds is 3. The van der Waals surface area contributed by atoms with Gasteiger partial charge in [-0.3, -0.25) is 4.90 Å². The molecule has 0 radical (unpaired) electrons. The summed E-state index contributed by atoms with van der Waals surface area (Å²) in [6, 6.07) is 0. The molecular formula is C10H18ClN3OS. The Kier molecular flexibility index (Phi) is 5.48. The molecule has 2 heterocycles. The summed E-state index contributed by atoms with van der Waals surface area (Å²) in [4.78, 5) is 7.68. The first-order valence-corrected chi connectivity index (χ1v) is 6.13. The van der Waals surface area contributed by atoms with E-state index in [2.05, 4.69) is 9.88 Å². The third-order valence-corrected chi connectivity index (χ3v) is 3.73. The van der Waals surface area contributed by atoms with Gasteiger partial charge < -0.3 is 10.8 Å². The van der Waals surface area contributed by atoms with Gasteiger partial charge in [-0.2, -0.15) is 0 Å². The van der Waals surface area contributed by atoms with Crippen molar-refractivity contribution in [2.45, 2.75) is 19.4 Å². The van der Waals surface area contributed by atoms with Crippen LogP contribution in [0.2, 0.25) is 0 Å². The van der Waals surface area contributed by atoms with Crippen LogP contribution in [0, 0.1) is 5.92 Å². The van der Waals surface area contributed by atoms with Crippen LogP contribution in [0.1, 0.15) is 17.7 Å². The van der Waals surface area contributed by atoms with Crippen molar-refractivity contribution in [3.63, 3.8) is 0 Å². The van der Waals surface area contributed by atoms with Gasteiger partial charge in [0.05, 0.1) is 0 Å². The number of thiazole rings is 1. The standard InChI is InChI=1S/C10H17N3OS.ClH/c11-10-12-5-9(15-10)6-13-3-1-8(7-14)2-4-13;/h5,8,14H,1-4,6-7H2,(H2,11,12);1H. The molecule has 0 aliphatic carbocycles. The molecule has 0 atom stereocenters. The van der Waals surface area contributed by atoms with E-state index in [0.717, 1.165) is 32.5 Å². The third kappa shape index (κ3) is 3.59. The van der Waals surface area contributed by atoms with Crippen molar-refractivity contribution in [1.82, 2.24) is 9.88 Å².